The van der Waals surface area contributed by atoms with Gasteiger partial charge in [0, 0.05) is 19.0 Å². The van der Waals surface area contributed by atoms with Gasteiger partial charge in [0.2, 0.25) is 0 Å². The van der Waals surface area contributed by atoms with E-state index in [9.17, 15) is 18.0 Å². The predicted octanol–water partition coefficient (Wildman–Crippen LogP) is 3.54. The molecule has 2 atom stereocenters. The maximum absolute atomic E-state index is 12.7. The van der Waals surface area contributed by atoms with Gasteiger partial charge in [0.1, 0.15) is 5.60 Å². The second kappa shape index (κ2) is 7.01. The second-order valence-corrected chi connectivity index (χ2v) is 7.08. The number of benzene rings is 1. The van der Waals surface area contributed by atoms with E-state index in [-0.39, 0.29) is 19.0 Å². The van der Waals surface area contributed by atoms with Crippen LogP contribution in [0.2, 0.25) is 0 Å². The van der Waals surface area contributed by atoms with Crippen molar-refractivity contribution in [3.05, 3.63) is 35.9 Å². The fourth-order valence-corrected chi connectivity index (χ4v) is 2.91. The van der Waals surface area contributed by atoms with Gasteiger partial charge in [-0.2, -0.15) is 13.2 Å². The maximum Gasteiger partial charge on any atom is 0.407 e. The van der Waals surface area contributed by atoms with E-state index in [4.69, 9.17) is 4.74 Å². The summed E-state index contributed by atoms with van der Waals surface area (Å²) in [7, 11) is 0. The lowest BCUT2D eigenvalue weighted by Crippen LogP contribution is -2.43. The Morgan fingerprint density at radius 3 is 2.38 bits per heavy atom. The highest BCUT2D eigenvalue weighted by molar-refractivity contribution is 5.68. The fraction of sp³-hybridized carbons (Fsp3) is 0.588. The number of carbonyl (C=O) groups is 1. The molecule has 1 heterocycles. The molecule has 134 valence electrons. The summed E-state index contributed by atoms with van der Waals surface area (Å²) in [6, 6.07) is 8.84. The lowest BCUT2D eigenvalue weighted by Gasteiger charge is -2.24. The summed E-state index contributed by atoms with van der Waals surface area (Å²) in [5.41, 5.74) is 0.250. The number of hydrogen-bond donors (Lipinski definition) is 1. The van der Waals surface area contributed by atoms with Gasteiger partial charge < -0.3 is 10.1 Å². The van der Waals surface area contributed by atoms with E-state index in [1.54, 1.807) is 20.8 Å². The van der Waals surface area contributed by atoms with Crippen molar-refractivity contribution >= 4 is 6.09 Å². The first kappa shape index (κ1) is 18.6. The third-order valence-electron chi connectivity index (χ3n) is 3.73. The normalized spacial score (nSPS) is 22.4. The Balaban J connectivity index is 2.11. The monoisotopic (exact) mass is 344 g/mol. The molecule has 0 unspecified atom stereocenters. The van der Waals surface area contributed by atoms with Gasteiger partial charge in [-0.15, -0.1) is 0 Å². The van der Waals surface area contributed by atoms with Crippen LogP contribution >= 0.6 is 0 Å². The van der Waals surface area contributed by atoms with Crippen molar-refractivity contribution in [2.24, 2.45) is 0 Å². The molecule has 0 radical (unpaired) electrons. The quantitative estimate of drug-likeness (QED) is 0.912. The van der Waals surface area contributed by atoms with Crippen LogP contribution in [0.1, 0.15) is 32.3 Å². The van der Waals surface area contributed by atoms with Crippen LogP contribution in [0.3, 0.4) is 0 Å². The SMILES string of the molecule is CC(C)(C)OC(=O)N[C@H]1CN(CC(F)(F)F)C[C@@H]1c1ccccc1. The van der Waals surface area contributed by atoms with E-state index in [2.05, 4.69) is 5.32 Å². The minimum absolute atomic E-state index is 0.137. The summed E-state index contributed by atoms with van der Waals surface area (Å²) in [6.45, 7) is 4.62. The van der Waals surface area contributed by atoms with Gasteiger partial charge in [-0.25, -0.2) is 4.79 Å². The summed E-state index contributed by atoms with van der Waals surface area (Å²) in [5, 5.41) is 2.73. The van der Waals surface area contributed by atoms with Crippen LogP contribution < -0.4 is 5.32 Å². The van der Waals surface area contributed by atoms with Crippen LogP contribution in [0.25, 0.3) is 0 Å². The molecule has 1 aromatic carbocycles. The number of ether oxygens (including phenoxy) is 1. The zero-order valence-electron chi connectivity index (χ0n) is 14.1. The van der Waals surface area contributed by atoms with Crippen molar-refractivity contribution in [3.8, 4) is 0 Å². The summed E-state index contributed by atoms with van der Waals surface area (Å²) < 4.78 is 43.3. The number of hydrogen-bond acceptors (Lipinski definition) is 3. The van der Waals surface area contributed by atoms with Gasteiger partial charge in [0.25, 0.3) is 0 Å². The van der Waals surface area contributed by atoms with E-state index >= 15 is 0 Å². The topological polar surface area (TPSA) is 41.6 Å². The lowest BCUT2D eigenvalue weighted by atomic mass is 9.94. The highest BCUT2D eigenvalue weighted by Gasteiger charge is 2.40. The van der Waals surface area contributed by atoms with Crippen molar-refractivity contribution in [2.75, 3.05) is 19.6 Å². The zero-order valence-corrected chi connectivity index (χ0v) is 14.1. The van der Waals surface area contributed by atoms with Crippen LogP contribution in [-0.2, 0) is 4.74 Å². The number of halogens is 3. The lowest BCUT2D eigenvalue weighted by molar-refractivity contribution is -0.143. The molecule has 4 nitrogen and oxygen atoms in total. The molecule has 1 N–H and O–H groups in total. The molecule has 0 bridgehead atoms. The van der Waals surface area contributed by atoms with Crippen LogP contribution in [0.15, 0.2) is 30.3 Å². The molecule has 1 fully saturated rings. The van der Waals surface area contributed by atoms with Gasteiger partial charge >= 0.3 is 12.3 Å². The molecule has 0 spiro atoms. The van der Waals surface area contributed by atoms with E-state index in [0.29, 0.717) is 0 Å². The van der Waals surface area contributed by atoms with E-state index in [1.165, 1.54) is 4.90 Å². The Morgan fingerprint density at radius 2 is 1.83 bits per heavy atom. The molecule has 0 aliphatic carbocycles. The van der Waals surface area contributed by atoms with Crippen LogP contribution in [0.5, 0.6) is 0 Å². The Labute approximate surface area is 140 Å². The number of alkyl carbamates (subject to hydrolysis) is 1. The van der Waals surface area contributed by atoms with Crippen LogP contribution in [0.4, 0.5) is 18.0 Å². The Kier molecular flexibility index (Phi) is 5.42. The summed E-state index contributed by atoms with van der Waals surface area (Å²) >= 11 is 0. The molecule has 1 aromatic rings. The molecular weight excluding hydrogens is 321 g/mol. The third-order valence-corrected chi connectivity index (χ3v) is 3.73. The molecule has 1 aliphatic heterocycles. The standard InChI is InChI=1S/C17H23F3N2O2/c1-16(2,3)24-15(23)21-14-10-22(11-17(18,19)20)9-13(14)12-7-5-4-6-8-12/h4-8,13-14H,9-11H2,1-3H3,(H,21,23)/t13-,14+/m1/s1. The molecule has 1 aliphatic rings. The van der Waals surface area contributed by atoms with Crippen molar-refractivity contribution in [2.45, 2.75) is 44.5 Å². The number of alkyl halides is 3. The molecule has 0 saturated carbocycles. The minimum atomic E-state index is -4.26. The van der Waals surface area contributed by atoms with Gasteiger partial charge in [-0.1, -0.05) is 30.3 Å². The minimum Gasteiger partial charge on any atom is -0.444 e. The molecule has 24 heavy (non-hydrogen) atoms. The Morgan fingerprint density at radius 1 is 1.21 bits per heavy atom. The Hall–Kier alpha value is -1.76. The van der Waals surface area contributed by atoms with Gasteiger partial charge in [-0.05, 0) is 26.3 Å². The summed E-state index contributed by atoms with van der Waals surface area (Å²) in [6.07, 6.45) is -4.87. The van der Waals surface area contributed by atoms with Gasteiger partial charge in [0.15, 0.2) is 0 Å². The van der Waals surface area contributed by atoms with Gasteiger partial charge in [-0.3, -0.25) is 4.90 Å². The number of nitrogens with one attached hydrogen (secondary N) is 1. The molecular formula is C17H23F3N2O2. The maximum atomic E-state index is 12.7. The van der Waals surface area contributed by atoms with Crippen molar-refractivity contribution in [1.82, 2.24) is 10.2 Å². The number of amides is 1. The molecule has 0 aromatic heterocycles. The van der Waals surface area contributed by atoms with Crippen LogP contribution in [-0.4, -0.2) is 48.4 Å². The highest BCUT2D eigenvalue weighted by atomic mass is 19.4. The molecule has 1 saturated heterocycles. The average molecular weight is 344 g/mol. The number of rotatable bonds is 3. The first-order valence-electron chi connectivity index (χ1n) is 7.87. The van der Waals surface area contributed by atoms with E-state index < -0.39 is 30.5 Å². The summed E-state index contributed by atoms with van der Waals surface area (Å²) in [4.78, 5) is 13.3. The van der Waals surface area contributed by atoms with Crippen molar-refractivity contribution < 1.29 is 22.7 Å². The van der Waals surface area contributed by atoms with E-state index in [1.807, 2.05) is 30.3 Å². The van der Waals surface area contributed by atoms with E-state index in [0.717, 1.165) is 5.56 Å². The smallest absolute Gasteiger partial charge is 0.407 e. The third kappa shape index (κ3) is 5.70. The van der Waals surface area contributed by atoms with Crippen molar-refractivity contribution in [3.63, 3.8) is 0 Å². The summed E-state index contributed by atoms with van der Waals surface area (Å²) in [5.74, 6) is -0.207. The van der Waals surface area contributed by atoms with Crippen molar-refractivity contribution in [1.29, 1.82) is 0 Å². The number of likely N-dealkylation sites (tertiary alicyclic amines) is 1. The highest BCUT2D eigenvalue weighted by Crippen LogP contribution is 2.30. The zero-order chi connectivity index (χ0) is 18.0. The molecule has 2 rings (SSSR count). The van der Waals surface area contributed by atoms with Gasteiger partial charge in [0.05, 0.1) is 12.6 Å². The molecule has 1 amide bonds. The first-order chi connectivity index (χ1) is 11.0. The average Bonchev–Trinajstić information content (AvgIpc) is 2.77. The molecule has 7 heteroatoms. The predicted molar refractivity (Wildman–Crippen MR) is 84.8 cm³/mol. The number of nitrogens with zero attached hydrogens (tertiary/aromatic N) is 1. The fourth-order valence-electron chi connectivity index (χ4n) is 2.91. The second-order valence-electron chi connectivity index (χ2n) is 7.08. The largest absolute Gasteiger partial charge is 0.444 e. The first-order valence-corrected chi connectivity index (χ1v) is 7.87. The Bertz CT molecular complexity index is 555. The van der Waals surface area contributed by atoms with Crippen LogP contribution in [0, 0.1) is 0 Å². The number of carbonyl (C=O) groups excluding carboxylic acids is 1.